The van der Waals surface area contributed by atoms with Gasteiger partial charge in [0.25, 0.3) is 0 Å². The molecule has 0 unspecified atom stereocenters. The van der Waals surface area contributed by atoms with Gasteiger partial charge in [-0.05, 0) is 31.7 Å². The average Bonchev–Trinajstić information content (AvgIpc) is 2.56. The lowest BCUT2D eigenvalue weighted by Crippen LogP contribution is -2.45. The predicted octanol–water partition coefficient (Wildman–Crippen LogP) is 2.65. The number of nitrogens with two attached hydrogens (primary N) is 1. The number of benzene rings is 1. The van der Waals surface area contributed by atoms with Gasteiger partial charge < -0.3 is 15.4 Å². The zero-order valence-corrected chi connectivity index (χ0v) is 14.0. The van der Waals surface area contributed by atoms with E-state index in [1.165, 1.54) is 10.5 Å². The van der Waals surface area contributed by atoms with Crippen molar-refractivity contribution in [1.29, 1.82) is 0 Å². The van der Waals surface area contributed by atoms with E-state index >= 15 is 0 Å². The Labute approximate surface area is 137 Å². The van der Waals surface area contributed by atoms with Crippen molar-refractivity contribution in [1.82, 2.24) is 4.90 Å². The normalized spacial score (nSPS) is 19.2. The zero-order valence-electron chi connectivity index (χ0n) is 14.0. The molecule has 2 amide bonds. The number of piperidine rings is 1. The van der Waals surface area contributed by atoms with Gasteiger partial charge in [0.15, 0.2) is 0 Å². The van der Waals surface area contributed by atoms with Crippen LogP contribution in [0.15, 0.2) is 24.3 Å². The van der Waals surface area contributed by atoms with Crippen molar-refractivity contribution in [3.8, 4) is 0 Å². The van der Waals surface area contributed by atoms with Gasteiger partial charge in [0.2, 0.25) is 0 Å². The minimum absolute atomic E-state index is 0.130. The summed E-state index contributed by atoms with van der Waals surface area (Å²) >= 11 is 0. The number of hydrogen-bond acceptors (Lipinski definition) is 3. The maximum Gasteiger partial charge on any atom is 0.314 e. The number of carbonyl (C=O) groups is 2. The van der Waals surface area contributed by atoms with Gasteiger partial charge in [-0.25, -0.2) is 4.79 Å². The fourth-order valence-electron chi connectivity index (χ4n) is 2.89. The Morgan fingerprint density at radius 2 is 2.04 bits per heavy atom. The summed E-state index contributed by atoms with van der Waals surface area (Å²) in [6.07, 6.45) is 2.90. The van der Waals surface area contributed by atoms with E-state index in [-0.39, 0.29) is 18.0 Å². The fourth-order valence-corrected chi connectivity index (χ4v) is 2.89. The van der Waals surface area contributed by atoms with Crippen molar-refractivity contribution >= 4 is 12.0 Å². The van der Waals surface area contributed by atoms with E-state index in [0.717, 1.165) is 31.2 Å². The van der Waals surface area contributed by atoms with Crippen LogP contribution in [0.25, 0.3) is 0 Å². The molecule has 0 radical (unpaired) electrons. The summed E-state index contributed by atoms with van der Waals surface area (Å²) in [5.41, 5.74) is 7.69. The van der Waals surface area contributed by atoms with Gasteiger partial charge in [0.1, 0.15) is 6.10 Å². The molecule has 0 saturated carbocycles. The molecule has 1 heterocycles. The molecule has 0 bridgehead atoms. The number of esters is 1. The summed E-state index contributed by atoms with van der Waals surface area (Å²) in [4.78, 5) is 25.2. The van der Waals surface area contributed by atoms with Crippen LogP contribution in [-0.4, -0.2) is 36.1 Å². The highest BCUT2D eigenvalue weighted by atomic mass is 16.5. The van der Waals surface area contributed by atoms with Crippen LogP contribution in [0.5, 0.6) is 0 Å². The number of likely N-dealkylation sites (tertiary alicyclic amines) is 1. The maximum atomic E-state index is 12.4. The van der Waals surface area contributed by atoms with Crippen molar-refractivity contribution in [2.75, 3.05) is 13.1 Å². The van der Waals surface area contributed by atoms with E-state index in [1.54, 1.807) is 0 Å². The Hall–Kier alpha value is -2.04. The molecule has 1 saturated heterocycles. The Morgan fingerprint density at radius 3 is 2.65 bits per heavy atom. The first-order chi connectivity index (χ1) is 11.0. The minimum atomic E-state index is -0.464. The topological polar surface area (TPSA) is 72.6 Å². The van der Waals surface area contributed by atoms with Crippen molar-refractivity contribution < 1.29 is 14.3 Å². The summed E-state index contributed by atoms with van der Waals surface area (Å²) in [5, 5.41) is 0. The number of primary amides is 1. The highest BCUT2D eigenvalue weighted by Crippen LogP contribution is 2.20. The van der Waals surface area contributed by atoms with Crippen LogP contribution < -0.4 is 5.73 Å². The molecule has 0 spiro atoms. The Morgan fingerprint density at radius 1 is 1.35 bits per heavy atom. The van der Waals surface area contributed by atoms with Crippen molar-refractivity contribution in [3.63, 3.8) is 0 Å². The molecule has 2 atom stereocenters. The molecule has 5 nitrogen and oxygen atoms in total. The maximum absolute atomic E-state index is 12.4. The first kappa shape index (κ1) is 17.3. The molecule has 2 N–H and O–H groups in total. The van der Waals surface area contributed by atoms with E-state index < -0.39 is 6.03 Å². The highest BCUT2D eigenvalue weighted by molar-refractivity contribution is 5.76. The molecule has 5 heteroatoms. The van der Waals surface area contributed by atoms with Crippen LogP contribution in [0, 0.1) is 12.8 Å². The molecule has 1 aliphatic rings. The van der Waals surface area contributed by atoms with Gasteiger partial charge in [0, 0.05) is 19.5 Å². The summed E-state index contributed by atoms with van der Waals surface area (Å²) < 4.78 is 5.68. The molecule has 2 rings (SSSR count). The number of carbonyl (C=O) groups excluding carboxylic acids is 2. The zero-order chi connectivity index (χ0) is 16.8. The second kappa shape index (κ2) is 7.99. The quantitative estimate of drug-likeness (QED) is 0.848. The second-order valence-electron chi connectivity index (χ2n) is 6.28. The summed E-state index contributed by atoms with van der Waals surface area (Å²) in [6, 6.07) is 7.81. The Bertz CT molecular complexity index is 542. The van der Waals surface area contributed by atoms with E-state index in [2.05, 4.69) is 31.2 Å². The van der Waals surface area contributed by atoms with Crippen LogP contribution in [0.2, 0.25) is 0 Å². The number of hydrogen-bond donors (Lipinski definition) is 1. The molecule has 23 heavy (non-hydrogen) atoms. The number of nitrogens with zero attached hydrogens (tertiary/aromatic N) is 1. The third kappa shape index (κ3) is 4.98. The van der Waals surface area contributed by atoms with Crippen molar-refractivity contribution in [3.05, 3.63) is 35.4 Å². The van der Waals surface area contributed by atoms with Crippen molar-refractivity contribution in [2.24, 2.45) is 11.7 Å². The number of rotatable bonds is 5. The molecule has 1 aromatic rings. The minimum Gasteiger partial charge on any atom is -0.462 e. The summed E-state index contributed by atoms with van der Waals surface area (Å²) in [7, 11) is 0. The number of aryl methyl sites for hydroxylation is 1. The van der Waals surface area contributed by atoms with Gasteiger partial charge in [-0.15, -0.1) is 0 Å². The number of amides is 2. The first-order valence-corrected chi connectivity index (χ1v) is 8.30. The monoisotopic (exact) mass is 318 g/mol. The number of ether oxygens (including phenoxy) is 1. The predicted molar refractivity (Wildman–Crippen MR) is 88.9 cm³/mol. The lowest BCUT2D eigenvalue weighted by atomic mass is 9.98. The SMILES string of the molecule is CC[C@@H](Cc1ccc(C)cc1)OC(=O)[C@H]1CCCN(C(N)=O)C1. The van der Waals surface area contributed by atoms with E-state index in [4.69, 9.17) is 10.5 Å². The Balaban J connectivity index is 1.91. The molecule has 0 aliphatic carbocycles. The lowest BCUT2D eigenvalue weighted by Gasteiger charge is -2.31. The van der Waals surface area contributed by atoms with Crippen LogP contribution in [0.4, 0.5) is 4.79 Å². The van der Waals surface area contributed by atoms with E-state index in [1.807, 2.05) is 6.92 Å². The van der Waals surface area contributed by atoms with Crippen molar-refractivity contribution in [2.45, 2.75) is 45.6 Å². The lowest BCUT2D eigenvalue weighted by molar-refractivity contribution is -0.155. The van der Waals surface area contributed by atoms with Crippen LogP contribution in [0.1, 0.15) is 37.3 Å². The van der Waals surface area contributed by atoms with E-state index in [0.29, 0.717) is 13.1 Å². The van der Waals surface area contributed by atoms with Crippen LogP contribution in [-0.2, 0) is 16.0 Å². The molecule has 1 fully saturated rings. The van der Waals surface area contributed by atoms with Crippen LogP contribution in [0.3, 0.4) is 0 Å². The van der Waals surface area contributed by atoms with Gasteiger partial charge >= 0.3 is 12.0 Å². The molecular formula is C18H26N2O3. The largest absolute Gasteiger partial charge is 0.462 e. The molecule has 0 aromatic heterocycles. The van der Waals surface area contributed by atoms with Gasteiger partial charge in [0.05, 0.1) is 5.92 Å². The van der Waals surface area contributed by atoms with Gasteiger partial charge in [-0.3, -0.25) is 4.79 Å². The molecule has 1 aliphatic heterocycles. The second-order valence-corrected chi connectivity index (χ2v) is 6.28. The standard InChI is InChI=1S/C18H26N2O3/c1-3-16(11-14-8-6-13(2)7-9-14)23-17(21)15-5-4-10-20(12-15)18(19)22/h6-9,15-16H,3-5,10-12H2,1-2H3,(H2,19,22)/t15-,16-/m0/s1. The fraction of sp³-hybridized carbons (Fsp3) is 0.556. The molecule has 1 aromatic carbocycles. The van der Waals surface area contributed by atoms with Gasteiger partial charge in [-0.1, -0.05) is 36.8 Å². The number of urea groups is 1. The third-order valence-corrected chi connectivity index (χ3v) is 4.39. The third-order valence-electron chi connectivity index (χ3n) is 4.39. The summed E-state index contributed by atoms with van der Waals surface area (Å²) in [5.74, 6) is -0.474. The average molecular weight is 318 g/mol. The molecule has 126 valence electrons. The smallest absolute Gasteiger partial charge is 0.314 e. The molecular weight excluding hydrogens is 292 g/mol. The Kier molecular flexibility index (Phi) is 6.02. The van der Waals surface area contributed by atoms with Crippen LogP contribution >= 0.6 is 0 Å². The summed E-state index contributed by atoms with van der Waals surface area (Å²) in [6.45, 7) is 5.06. The highest BCUT2D eigenvalue weighted by Gasteiger charge is 2.29. The van der Waals surface area contributed by atoms with Gasteiger partial charge in [-0.2, -0.15) is 0 Å². The van der Waals surface area contributed by atoms with E-state index in [9.17, 15) is 9.59 Å². The first-order valence-electron chi connectivity index (χ1n) is 8.30.